The molecule has 2 aromatic carbocycles. The van der Waals surface area contributed by atoms with Crippen molar-refractivity contribution in [1.29, 1.82) is 0 Å². The van der Waals surface area contributed by atoms with Crippen LogP contribution in [0, 0.1) is 0 Å². The number of ether oxygens (including phenoxy) is 1. The zero-order valence-corrected chi connectivity index (χ0v) is 13.0. The lowest BCUT2D eigenvalue weighted by Crippen LogP contribution is -2.07. The lowest BCUT2D eigenvalue weighted by atomic mass is 10.1. The number of hydrogen-bond donors (Lipinski definition) is 1. The van der Waals surface area contributed by atoms with E-state index in [0.29, 0.717) is 29.1 Å². The van der Waals surface area contributed by atoms with E-state index in [-0.39, 0.29) is 17.1 Å². The molecule has 1 aliphatic rings. The van der Waals surface area contributed by atoms with Crippen molar-refractivity contribution in [3.05, 3.63) is 65.2 Å². The van der Waals surface area contributed by atoms with Gasteiger partial charge in [-0.3, -0.25) is 9.79 Å². The Hall–Kier alpha value is -2.88. The summed E-state index contributed by atoms with van der Waals surface area (Å²) in [5.41, 5.74) is 2.54. The first-order chi connectivity index (χ1) is 11.1. The summed E-state index contributed by atoms with van der Waals surface area (Å²) in [6.45, 7) is 4.26. The third kappa shape index (κ3) is 2.75. The van der Waals surface area contributed by atoms with Gasteiger partial charge in [0.05, 0.1) is 23.6 Å². The summed E-state index contributed by atoms with van der Waals surface area (Å²) in [6, 6.07) is 14.3. The van der Waals surface area contributed by atoms with Gasteiger partial charge in [0.15, 0.2) is 5.78 Å². The second kappa shape index (κ2) is 6.08. The SMILES string of the molecule is CCOc1ccc(N=C(C)C2=C(O)c3ccccc3C2=O)cc1. The van der Waals surface area contributed by atoms with Gasteiger partial charge in [-0.05, 0) is 38.1 Å². The van der Waals surface area contributed by atoms with Crippen LogP contribution in [0.3, 0.4) is 0 Å². The molecular weight excluding hydrogens is 290 g/mol. The number of allylic oxidation sites excluding steroid dienone is 1. The van der Waals surface area contributed by atoms with Crippen LogP contribution < -0.4 is 4.74 Å². The Morgan fingerprint density at radius 3 is 2.35 bits per heavy atom. The van der Waals surface area contributed by atoms with Gasteiger partial charge in [0.25, 0.3) is 0 Å². The van der Waals surface area contributed by atoms with Crippen molar-refractivity contribution in [2.45, 2.75) is 13.8 Å². The van der Waals surface area contributed by atoms with Crippen LogP contribution in [0.4, 0.5) is 5.69 Å². The van der Waals surface area contributed by atoms with Crippen molar-refractivity contribution >= 4 is 22.9 Å². The van der Waals surface area contributed by atoms with Crippen LogP contribution >= 0.6 is 0 Å². The zero-order valence-electron chi connectivity index (χ0n) is 13.0. The van der Waals surface area contributed by atoms with Gasteiger partial charge < -0.3 is 9.84 Å². The number of fused-ring (bicyclic) bond motifs is 1. The number of nitrogens with zero attached hydrogens (tertiary/aromatic N) is 1. The molecule has 4 nitrogen and oxygen atoms in total. The fourth-order valence-corrected chi connectivity index (χ4v) is 2.63. The number of aliphatic hydroxyl groups excluding tert-OH is 1. The van der Waals surface area contributed by atoms with E-state index in [1.54, 1.807) is 31.2 Å². The summed E-state index contributed by atoms with van der Waals surface area (Å²) >= 11 is 0. The average Bonchev–Trinajstić information content (AvgIpc) is 2.81. The summed E-state index contributed by atoms with van der Waals surface area (Å²) in [6.07, 6.45) is 0. The van der Waals surface area contributed by atoms with E-state index in [9.17, 15) is 9.90 Å². The molecule has 3 rings (SSSR count). The van der Waals surface area contributed by atoms with Crippen LogP contribution in [0.15, 0.2) is 59.1 Å². The Labute approximate surface area is 134 Å². The molecule has 0 saturated carbocycles. The monoisotopic (exact) mass is 307 g/mol. The summed E-state index contributed by atoms with van der Waals surface area (Å²) in [4.78, 5) is 16.9. The Morgan fingerprint density at radius 2 is 1.74 bits per heavy atom. The van der Waals surface area contributed by atoms with Gasteiger partial charge in [-0.15, -0.1) is 0 Å². The highest BCUT2D eigenvalue weighted by Gasteiger charge is 2.30. The average molecular weight is 307 g/mol. The molecule has 0 aliphatic heterocycles. The van der Waals surface area contributed by atoms with E-state index in [2.05, 4.69) is 4.99 Å². The molecule has 0 aromatic heterocycles. The van der Waals surface area contributed by atoms with Gasteiger partial charge in [-0.2, -0.15) is 0 Å². The molecule has 1 N–H and O–H groups in total. The van der Waals surface area contributed by atoms with E-state index >= 15 is 0 Å². The molecule has 0 saturated heterocycles. The molecule has 0 amide bonds. The molecule has 0 spiro atoms. The maximum Gasteiger partial charge on any atom is 0.199 e. The smallest absolute Gasteiger partial charge is 0.199 e. The Kier molecular flexibility index (Phi) is 3.98. The molecule has 0 bridgehead atoms. The van der Waals surface area contributed by atoms with E-state index < -0.39 is 0 Å². The fourth-order valence-electron chi connectivity index (χ4n) is 2.63. The fraction of sp³-hybridized carbons (Fsp3) is 0.158. The molecule has 0 atom stereocenters. The quantitative estimate of drug-likeness (QED) is 0.855. The highest BCUT2D eigenvalue weighted by molar-refractivity contribution is 6.35. The molecule has 0 radical (unpaired) electrons. The Bertz CT molecular complexity index is 817. The maximum absolute atomic E-state index is 12.5. The third-order valence-corrected chi connectivity index (χ3v) is 3.70. The van der Waals surface area contributed by atoms with E-state index in [1.165, 1.54) is 0 Å². The molecule has 0 fully saturated rings. The lowest BCUT2D eigenvalue weighted by molar-refractivity contribution is 0.104. The van der Waals surface area contributed by atoms with Crippen molar-refractivity contribution in [1.82, 2.24) is 0 Å². The number of benzene rings is 2. The molecule has 1 aliphatic carbocycles. The van der Waals surface area contributed by atoms with Crippen molar-refractivity contribution in [2.24, 2.45) is 4.99 Å². The van der Waals surface area contributed by atoms with E-state index in [0.717, 1.165) is 5.75 Å². The second-order valence-corrected chi connectivity index (χ2v) is 5.22. The first-order valence-electron chi connectivity index (χ1n) is 7.47. The summed E-state index contributed by atoms with van der Waals surface area (Å²) in [5, 5.41) is 10.3. The summed E-state index contributed by atoms with van der Waals surface area (Å²) in [5.74, 6) is 0.582. The molecule has 2 aromatic rings. The number of carbonyl (C=O) groups is 1. The predicted octanol–water partition coefficient (Wildman–Crippen LogP) is 4.34. The Balaban J connectivity index is 1.93. The predicted molar refractivity (Wildman–Crippen MR) is 90.7 cm³/mol. The van der Waals surface area contributed by atoms with Crippen LogP contribution in [0.25, 0.3) is 5.76 Å². The van der Waals surface area contributed by atoms with Crippen molar-refractivity contribution in [2.75, 3.05) is 6.61 Å². The zero-order chi connectivity index (χ0) is 16.4. The third-order valence-electron chi connectivity index (χ3n) is 3.70. The van der Waals surface area contributed by atoms with Gasteiger partial charge in [0.2, 0.25) is 0 Å². The van der Waals surface area contributed by atoms with Crippen molar-refractivity contribution in [3.63, 3.8) is 0 Å². The van der Waals surface area contributed by atoms with Gasteiger partial charge in [0, 0.05) is 11.1 Å². The minimum atomic E-state index is -0.190. The number of ketones is 1. The molecule has 0 heterocycles. The normalized spacial score (nSPS) is 14.2. The highest BCUT2D eigenvalue weighted by atomic mass is 16.5. The van der Waals surface area contributed by atoms with Gasteiger partial charge in [-0.25, -0.2) is 0 Å². The number of aliphatic imine (C=N–C) groups is 1. The molecule has 0 unspecified atom stereocenters. The number of rotatable bonds is 4. The number of carbonyl (C=O) groups excluding carboxylic acids is 1. The molecular formula is C19H17NO3. The first kappa shape index (κ1) is 15.0. The van der Waals surface area contributed by atoms with Crippen LogP contribution in [-0.4, -0.2) is 23.2 Å². The van der Waals surface area contributed by atoms with Crippen LogP contribution in [0.5, 0.6) is 5.75 Å². The van der Waals surface area contributed by atoms with Gasteiger partial charge >= 0.3 is 0 Å². The number of hydrogen-bond acceptors (Lipinski definition) is 4. The van der Waals surface area contributed by atoms with E-state index in [1.807, 2.05) is 31.2 Å². The van der Waals surface area contributed by atoms with Crippen LogP contribution in [0.1, 0.15) is 29.8 Å². The van der Waals surface area contributed by atoms with Crippen molar-refractivity contribution < 1.29 is 14.6 Å². The van der Waals surface area contributed by atoms with Gasteiger partial charge in [0.1, 0.15) is 11.5 Å². The first-order valence-corrected chi connectivity index (χ1v) is 7.47. The molecule has 23 heavy (non-hydrogen) atoms. The molecule has 4 heteroatoms. The van der Waals surface area contributed by atoms with Crippen molar-refractivity contribution in [3.8, 4) is 5.75 Å². The molecule has 116 valence electrons. The summed E-state index contributed by atoms with van der Waals surface area (Å²) < 4.78 is 5.39. The number of aliphatic hydroxyl groups is 1. The topological polar surface area (TPSA) is 58.9 Å². The minimum absolute atomic E-state index is 0.00205. The van der Waals surface area contributed by atoms with E-state index in [4.69, 9.17) is 4.74 Å². The lowest BCUT2D eigenvalue weighted by Gasteiger charge is -2.04. The highest BCUT2D eigenvalue weighted by Crippen LogP contribution is 2.32. The van der Waals surface area contributed by atoms with Gasteiger partial charge in [-0.1, -0.05) is 24.3 Å². The maximum atomic E-state index is 12.5. The largest absolute Gasteiger partial charge is 0.506 e. The van der Waals surface area contributed by atoms with Crippen LogP contribution in [-0.2, 0) is 0 Å². The minimum Gasteiger partial charge on any atom is -0.506 e. The number of Topliss-reactive ketones (excluding diaryl/α,β-unsaturated/α-hetero) is 1. The standard InChI is InChI=1S/C19H17NO3/c1-3-23-14-10-8-13(9-11-14)20-12(2)17-18(21)15-6-4-5-7-16(15)19(17)22/h4-11,21H,3H2,1-2H3. The second-order valence-electron chi connectivity index (χ2n) is 5.22. The Morgan fingerprint density at radius 1 is 1.09 bits per heavy atom. The summed E-state index contributed by atoms with van der Waals surface area (Å²) in [7, 11) is 0. The van der Waals surface area contributed by atoms with Crippen LogP contribution in [0.2, 0.25) is 0 Å².